The van der Waals surface area contributed by atoms with Gasteiger partial charge in [0.15, 0.2) is 0 Å². The first-order valence-corrected chi connectivity index (χ1v) is 4.61. The van der Waals surface area contributed by atoms with Gasteiger partial charge in [0.25, 0.3) is 0 Å². The molecule has 0 amide bonds. The van der Waals surface area contributed by atoms with Crippen molar-refractivity contribution >= 4 is 17.9 Å². The van der Waals surface area contributed by atoms with Crippen LogP contribution in [0.5, 0.6) is 0 Å². The van der Waals surface area contributed by atoms with E-state index in [1.54, 1.807) is 13.8 Å². The minimum Gasteiger partial charge on any atom is -0.481 e. The van der Waals surface area contributed by atoms with Crippen LogP contribution in [-0.2, 0) is 14.4 Å². The molecule has 0 saturated carbocycles. The zero-order valence-corrected chi connectivity index (χ0v) is 9.21. The van der Waals surface area contributed by atoms with E-state index in [0.29, 0.717) is 0 Å². The Bertz CT molecular complexity index is 250. The summed E-state index contributed by atoms with van der Waals surface area (Å²) in [6.45, 7) is 3.28. The minimum absolute atomic E-state index is 0.0231. The molecule has 0 rings (SSSR count). The average Bonchev–Trinajstić information content (AvgIpc) is 2.14. The van der Waals surface area contributed by atoms with Gasteiger partial charge in [-0.2, -0.15) is 0 Å². The highest BCUT2D eigenvalue weighted by Crippen LogP contribution is 1.93. The maximum atomic E-state index is 9.99. The molecule has 5 N–H and O–H groups in total. The molecule has 7 heteroatoms. The minimum atomic E-state index is -1.17. The highest BCUT2D eigenvalue weighted by Gasteiger charge is 2.12. The van der Waals surface area contributed by atoms with Crippen molar-refractivity contribution in [1.29, 1.82) is 0 Å². The monoisotopic (exact) mass is 235 g/mol. The van der Waals surface area contributed by atoms with Gasteiger partial charge >= 0.3 is 17.9 Å². The molecule has 0 fully saturated rings. The SMILES string of the molecule is CC(C)C(=O)O.N[C@@H](CCC(=O)O)C(=O)O. The Balaban J connectivity index is 0. The maximum absolute atomic E-state index is 9.99. The normalized spacial score (nSPS) is 11.2. The molecule has 0 spiro atoms. The van der Waals surface area contributed by atoms with Crippen LogP contribution in [0.2, 0.25) is 0 Å². The Labute approximate surface area is 92.9 Å². The highest BCUT2D eigenvalue weighted by molar-refractivity contribution is 5.74. The van der Waals surface area contributed by atoms with Gasteiger partial charge in [0.2, 0.25) is 0 Å². The molecule has 1 atom stereocenters. The standard InChI is InChI=1S/C5H9NO4.C4H8O2/c6-3(5(9)10)1-2-4(7)8;1-3(2)4(5)6/h3H,1-2,6H2,(H,7,8)(H,9,10);3H,1-2H3,(H,5,6)/t3-;/m0./s1. The molecule has 0 aliphatic rings. The molecule has 0 aromatic carbocycles. The summed E-state index contributed by atoms with van der Waals surface area (Å²) in [5.41, 5.74) is 5.00. The molecule has 16 heavy (non-hydrogen) atoms. The van der Waals surface area contributed by atoms with E-state index in [0.717, 1.165) is 0 Å². The second-order valence-electron chi connectivity index (χ2n) is 3.37. The van der Waals surface area contributed by atoms with E-state index in [1.807, 2.05) is 0 Å². The van der Waals surface area contributed by atoms with E-state index in [2.05, 4.69) is 0 Å². The quantitative estimate of drug-likeness (QED) is 0.525. The summed E-state index contributed by atoms with van der Waals surface area (Å²) in [6, 6.07) is -1.06. The van der Waals surface area contributed by atoms with Gasteiger partial charge in [-0.1, -0.05) is 13.8 Å². The molecule has 0 saturated heterocycles. The second kappa shape index (κ2) is 8.66. The first-order valence-electron chi connectivity index (χ1n) is 4.61. The number of aliphatic carboxylic acids is 3. The van der Waals surface area contributed by atoms with Crippen molar-refractivity contribution < 1.29 is 29.7 Å². The van der Waals surface area contributed by atoms with Crippen LogP contribution in [0, 0.1) is 5.92 Å². The number of carboxylic acids is 3. The van der Waals surface area contributed by atoms with Crippen molar-refractivity contribution in [2.45, 2.75) is 32.7 Å². The van der Waals surface area contributed by atoms with Gasteiger partial charge in [-0.15, -0.1) is 0 Å². The molecule has 0 aliphatic carbocycles. The summed E-state index contributed by atoms with van der Waals surface area (Å²) in [7, 11) is 0. The molecular weight excluding hydrogens is 218 g/mol. The van der Waals surface area contributed by atoms with Crippen molar-refractivity contribution in [2.75, 3.05) is 0 Å². The van der Waals surface area contributed by atoms with Crippen molar-refractivity contribution in [1.82, 2.24) is 0 Å². The number of rotatable bonds is 5. The number of carbonyl (C=O) groups is 3. The Morgan fingerprint density at radius 1 is 1.06 bits per heavy atom. The topological polar surface area (TPSA) is 138 Å². The predicted octanol–water partition coefficient (Wildman–Crippen LogP) is -0.00990. The molecule has 0 bridgehead atoms. The molecule has 0 aromatic heterocycles. The first-order chi connectivity index (χ1) is 7.18. The van der Waals surface area contributed by atoms with Crippen LogP contribution in [0.15, 0.2) is 0 Å². The number of carboxylic acid groups (broad SMARTS) is 3. The number of nitrogens with two attached hydrogens (primary N) is 1. The Morgan fingerprint density at radius 2 is 1.44 bits per heavy atom. The summed E-state index contributed by atoms with van der Waals surface area (Å²) in [5, 5.41) is 24.3. The summed E-state index contributed by atoms with van der Waals surface area (Å²) >= 11 is 0. The van der Waals surface area contributed by atoms with Crippen LogP contribution in [0.3, 0.4) is 0 Å². The maximum Gasteiger partial charge on any atom is 0.320 e. The lowest BCUT2D eigenvalue weighted by Gasteiger charge is -2.01. The summed E-state index contributed by atoms with van der Waals surface area (Å²) in [4.78, 5) is 29.6. The first kappa shape index (κ1) is 16.8. The van der Waals surface area contributed by atoms with Gasteiger partial charge < -0.3 is 21.1 Å². The van der Waals surface area contributed by atoms with E-state index in [1.165, 1.54) is 0 Å². The fourth-order valence-corrected chi connectivity index (χ4v) is 0.402. The van der Waals surface area contributed by atoms with Gasteiger partial charge in [-0.05, 0) is 6.42 Å². The lowest BCUT2D eigenvalue weighted by Crippen LogP contribution is -2.30. The Hall–Kier alpha value is -1.63. The number of hydrogen-bond donors (Lipinski definition) is 4. The van der Waals surface area contributed by atoms with Gasteiger partial charge in [0.05, 0.1) is 5.92 Å². The van der Waals surface area contributed by atoms with E-state index in [-0.39, 0.29) is 18.8 Å². The summed E-state index contributed by atoms with van der Waals surface area (Å²) in [5.74, 6) is -3.17. The molecule has 7 nitrogen and oxygen atoms in total. The largest absolute Gasteiger partial charge is 0.481 e. The molecule has 0 aliphatic heterocycles. The van der Waals surface area contributed by atoms with E-state index in [4.69, 9.17) is 21.1 Å². The predicted molar refractivity (Wildman–Crippen MR) is 55.0 cm³/mol. The van der Waals surface area contributed by atoms with Gasteiger partial charge in [0, 0.05) is 6.42 Å². The molecule has 0 aromatic rings. The summed E-state index contributed by atoms with van der Waals surface area (Å²) in [6.07, 6.45) is -0.224. The van der Waals surface area contributed by atoms with E-state index < -0.39 is 23.9 Å². The van der Waals surface area contributed by atoms with Gasteiger partial charge in [0.1, 0.15) is 6.04 Å². The van der Waals surface area contributed by atoms with Crippen LogP contribution in [0.25, 0.3) is 0 Å². The fourth-order valence-electron chi connectivity index (χ4n) is 0.402. The second-order valence-corrected chi connectivity index (χ2v) is 3.37. The fraction of sp³-hybridized carbons (Fsp3) is 0.667. The van der Waals surface area contributed by atoms with Crippen LogP contribution >= 0.6 is 0 Å². The Kier molecular flexibility index (Phi) is 9.09. The van der Waals surface area contributed by atoms with E-state index >= 15 is 0 Å². The smallest absolute Gasteiger partial charge is 0.320 e. The van der Waals surface area contributed by atoms with Crippen LogP contribution in [0.1, 0.15) is 26.7 Å². The Morgan fingerprint density at radius 3 is 1.62 bits per heavy atom. The molecule has 0 radical (unpaired) electrons. The zero-order valence-electron chi connectivity index (χ0n) is 9.21. The average molecular weight is 235 g/mol. The third-order valence-corrected chi connectivity index (χ3v) is 1.48. The van der Waals surface area contributed by atoms with E-state index in [9.17, 15) is 14.4 Å². The third kappa shape index (κ3) is 12.4. The molecule has 0 unspecified atom stereocenters. The third-order valence-electron chi connectivity index (χ3n) is 1.48. The molecule has 94 valence electrons. The van der Waals surface area contributed by atoms with Crippen molar-refractivity contribution in [3.63, 3.8) is 0 Å². The van der Waals surface area contributed by atoms with Gasteiger partial charge in [-0.25, -0.2) is 0 Å². The van der Waals surface area contributed by atoms with Crippen molar-refractivity contribution in [2.24, 2.45) is 11.7 Å². The highest BCUT2D eigenvalue weighted by atomic mass is 16.4. The number of hydrogen-bond acceptors (Lipinski definition) is 4. The lowest BCUT2D eigenvalue weighted by atomic mass is 10.2. The molecule has 0 heterocycles. The van der Waals surface area contributed by atoms with Crippen LogP contribution in [-0.4, -0.2) is 39.3 Å². The van der Waals surface area contributed by atoms with Crippen LogP contribution < -0.4 is 5.73 Å². The van der Waals surface area contributed by atoms with Crippen molar-refractivity contribution in [3.05, 3.63) is 0 Å². The molecular formula is C9H17NO6. The van der Waals surface area contributed by atoms with Gasteiger partial charge in [-0.3, -0.25) is 14.4 Å². The zero-order chi connectivity index (χ0) is 13.3. The van der Waals surface area contributed by atoms with Crippen molar-refractivity contribution in [3.8, 4) is 0 Å². The van der Waals surface area contributed by atoms with Crippen LogP contribution in [0.4, 0.5) is 0 Å². The summed E-state index contributed by atoms with van der Waals surface area (Å²) < 4.78 is 0. The lowest BCUT2D eigenvalue weighted by molar-refractivity contribution is -0.141.